The van der Waals surface area contributed by atoms with Crippen LogP contribution in [-0.2, 0) is 0 Å². The topological polar surface area (TPSA) is 95.8 Å². The quantitative estimate of drug-likeness (QED) is 0.485. The van der Waals surface area contributed by atoms with E-state index in [0.29, 0.717) is 28.8 Å². The zero-order valence-corrected chi connectivity index (χ0v) is 15.3. The molecule has 4 aromatic rings. The minimum Gasteiger partial charge on any atom is -0.455 e. The number of nitrogens with zero attached hydrogens (tertiary/aromatic N) is 4. The van der Waals surface area contributed by atoms with Crippen molar-refractivity contribution >= 4 is 23.1 Å². The molecular formula is C22H16N6O. The molecule has 0 bridgehead atoms. The van der Waals surface area contributed by atoms with Gasteiger partial charge in [0.1, 0.15) is 5.75 Å². The van der Waals surface area contributed by atoms with E-state index < -0.39 is 0 Å². The molecule has 3 aromatic carbocycles. The molecule has 0 atom stereocenters. The summed E-state index contributed by atoms with van der Waals surface area (Å²) in [4.78, 5) is 4.43. The molecule has 0 radical (unpaired) electrons. The fraction of sp³-hybridized carbons (Fsp3) is 0. The molecule has 0 fully saturated rings. The molecular weight excluding hydrogens is 364 g/mol. The van der Waals surface area contributed by atoms with Gasteiger partial charge in [0.15, 0.2) is 11.6 Å². The molecule has 29 heavy (non-hydrogen) atoms. The molecule has 1 aromatic heterocycles. The largest absolute Gasteiger partial charge is 0.455 e. The van der Waals surface area contributed by atoms with Crippen molar-refractivity contribution in [3.8, 4) is 17.6 Å². The van der Waals surface area contributed by atoms with Gasteiger partial charge < -0.3 is 15.4 Å². The first kappa shape index (κ1) is 17.9. The molecule has 0 spiro atoms. The molecule has 4 rings (SSSR count). The zero-order chi connectivity index (χ0) is 19.9. The molecule has 0 unspecified atom stereocenters. The first-order valence-corrected chi connectivity index (χ1v) is 8.86. The van der Waals surface area contributed by atoms with E-state index in [1.165, 1.54) is 6.20 Å². The third-order valence-electron chi connectivity index (χ3n) is 3.93. The van der Waals surface area contributed by atoms with Crippen molar-refractivity contribution in [3.63, 3.8) is 0 Å². The highest BCUT2D eigenvalue weighted by Crippen LogP contribution is 2.30. The highest BCUT2D eigenvalue weighted by molar-refractivity contribution is 5.64. The Balaban J connectivity index is 1.53. The van der Waals surface area contributed by atoms with Crippen LogP contribution in [0, 0.1) is 11.3 Å². The van der Waals surface area contributed by atoms with Crippen LogP contribution in [0.2, 0.25) is 0 Å². The van der Waals surface area contributed by atoms with Gasteiger partial charge in [0.2, 0.25) is 5.95 Å². The molecule has 0 amide bonds. The van der Waals surface area contributed by atoms with Crippen LogP contribution in [0.4, 0.5) is 23.1 Å². The van der Waals surface area contributed by atoms with Crippen LogP contribution in [-0.4, -0.2) is 15.2 Å². The standard InChI is InChI=1S/C22H16N6O/c23-14-16-7-6-8-17(13-16)25-21-15-24-28-22(27-21)26-19-11-4-5-12-20(19)29-18-9-2-1-3-10-18/h1-13,15H,(H2,25,26,27,28). The highest BCUT2D eigenvalue weighted by atomic mass is 16.5. The van der Waals surface area contributed by atoms with Gasteiger partial charge in [-0.2, -0.15) is 15.3 Å². The molecule has 2 N–H and O–H groups in total. The van der Waals surface area contributed by atoms with E-state index in [2.05, 4.69) is 31.9 Å². The lowest BCUT2D eigenvalue weighted by Crippen LogP contribution is -2.03. The molecule has 7 nitrogen and oxygen atoms in total. The summed E-state index contributed by atoms with van der Waals surface area (Å²) in [5.41, 5.74) is 2.01. The lowest BCUT2D eigenvalue weighted by molar-refractivity contribution is 0.485. The minimum absolute atomic E-state index is 0.315. The summed E-state index contributed by atoms with van der Waals surface area (Å²) in [6.45, 7) is 0. The second-order valence-corrected chi connectivity index (χ2v) is 6.02. The van der Waals surface area contributed by atoms with Gasteiger partial charge in [0, 0.05) is 5.69 Å². The van der Waals surface area contributed by atoms with Gasteiger partial charge in [-0.1, -0.05) is 36.4 Å². The zero-order valence-electron chi connectivity index (χ0n) is 15.3. The predicted molar refractivity (Wildman–Crippen MR) is 111 cm³/mol. The van der Waals surface area contributed by atoms with Crippen molar-refractivity contribution in [2.45, 2.75) is 0 Å². The molecule has 0 saturated heterocycles. The second kappa shape index (κ2) is 8.50. The summed E-state index contributed by atoms with van der Waals surface area (Å²) in [6, 6.07) is 26.3. The van der Waals surface area contributed by atoms with E-state index in [1.54, 1.807) is 18.2 Å². The van der Waals surface area contributed by atoms with E-state index >= 15 is 0 Å². The summed E-state index contributed by atoms with van der Waals surface area (Å²) in [6.07, 6.45) is 1.51. The van der Waals surface area contributed by atoms with Crippen molar-refractivity contribution < 1.29 is 4.74 Å². The maximum Gasteiger partial charge on any atom is 0.249 e. The highest BCUT2D eigenvalue weighted by Gasteiger charge is 2.08. The van der Waals surface area contributed by atoms with Crippen molar-refractivity contribution in [1.29, 1.82) is 5.26 Å². The number of ether oxygens (including phenoxy) is 1. The first-order chi connectivity index (χ1) is 14.3. The van der Waals surface area contributed by atoms with Gasteiger partial charge >= 0.3 is 0 Å². The Bertz CT molecular complexity index is 1160. The summed E-state index contributed by atoms with van der Waals surface area (Å²) >= 11 is 0. The Morgan fingerprint density at radius 1 is 0.862 bits per heavy atom. The molecule has 0 aliphatic rings. The Morgan fingerprint density at radius 2 is 1.69 bits per heavy atom. The van der Waals surface area contributed by atoms with Gasteiger partial charge in [0.25, 0.3) is 0 Å². The van der Waals surface area contributed by atoms with Crippen LogP contribution in [0.25, 0.3) is 0 Å². The van der Waals surface area contributed by atoms with Crippen LogP contribution >= 0.6 is 0 Å². The number of hydrogen-bond donors (Lipinski definition) is 2. The number of nitrogens with one attached hydrogen (secondary N) is 2. The van der Waals surface area contributed by atoms with Crippen LogP contribution in [0.5, 0.6) is 11.5 Å². The number of nitriles is 1. The van der Waals surface area contributed by atoms with Crippen molar-refractivity contribution in [3.05, 3.63) is 90.6 Å². The van der Waals surface area contributed by atoms with Crippen molar-refractivity contribution in [2.24, 2.45) is 0 Å². The van der Waals surface area contributed by atoms with Crippen molar-refractivity contribution in [1.82, 2.24) is 15.2 Å². The number of rotatable bonds is 6. The van der Waals surface area contributed by atoms with Gasteiger partial charge in [-0.3, -0.25) is 0 Å². The number of hydrogen-bond acceptors (Lipinski definition) is 7. The summed E-state index contributed by atoms with van der Waals surface area (Å²) < 4.78 is 5.95. The monoisotopic (exact) mass is 380 g/mol. The van der Waals surface area contributed by atoms with Crippen molar-refractivity contribution in [2.75, 3.05) is 10.6 Å². The maximum absolute atomic E-state index is 9.03. The Labute approximate surface area is 167 Å². The number of para-hydroxylation sites is 3. The second-order valence-electron chi connectivity index (χ2n) is 6.02. The summed E-state index contributed by atoms with van der Waals surface area (Å²) in [5.74, 6) is 2.19. The normalized spacial score (nSPS) is 10.0. The summed E-state index contributed by atoms with van der Waals surface area (Å²) in [5, 5.41) is 23.3. The molecule has 7 heteroatoms. The SMILES string of the molecule is N#Cc1cccc(Nc2cnnc(Nc3ccccc3Oc3ccccc3)n2)c1. The smallest absolute Gasteiger partial charge is 0.249 e. The lowest BCUT2D eigenvalue weighted by atomic mass is 10.2. The number of aromatic nitrogens is 3. The van der Waals surface area contributed by atoms with Gasteiger partial charge in [-0.05, 0) is 42.5 Å². The molecule has 0 aliphatic heterocycles. The third-order valence-corrected chi connectivity index (χ3v) is 3.93. The van der Waals surface area contributed by atoms with Gasteiger partial charge in [0.05, 0.1) is 23.5 Å². The molecule has 0 saturated carbocycles. The Morgan fingerprint density at radius 3 is 2.55 bits per heavy atom. The molecule has 0 aliphatic carbocycles. The van der Waals surface area contributed by atoms with E-state index in [9.17, 15) is 0 Å². The van der Waals surface area contributed by atoms with E-state index in [0.717, 1.165) is 11.4 Å². The van der Waals surface area contributed by atoms with Gasteiger partial charge in [-0.15, -0.1) is 5.10 Å². The van der Waals surface area contributed by atoms with Gasteiger partial charge in [-0.25, -0.2) is 0 Å². The average Bonchev–Trinajstić information content (AvgIpc) is 2.76. The average molecular weight is 380 g/mol. The van der Waals surface area contributed by atoms with E-state index in [-0.39, 0.29) is 0 Å². The Hall–Kier alpha value is -4.44. The predicted octanol–water partition coefficient (Wildman–Crippen LogP) is 5.02. The molecule has 140 valence electrons. The van der Waals surface area contributed by atoms with E-state index in [4.69, 9.17) is 10.00 Å². The Kier molecular flexibility index (Phi) is 5.26. The van der Waals surface area contributed by atoms with Crippen LogP contribution in [0.3, 0.4) is 0 Å². The van der Waals surface area contributed by atoms with E-state index in [1.807, 2.05) is 60.7 Å². The molecule has 1 heterocycles. The third kappa shape index (κ3) is 4.64. The number of benzene rings is 3. The first-order valence-electron chi connectivity index (χ1n) is 8.86. The van der Waals surface area contributed by atoms with Crippen LogP contribution in [0.15, 0.2) is 85.1 Å². The summed E-state index contributed by atoms with van der Waals surface area (Å²) in [7, 11) is 0. The lowest BCUT2D eigenvalue weighted by Gasteiger charge is -2.12. The number of anilines is 4. The fourth-order valence-electron chi connectivity index (χ4n) is 2.63. The minimum atomic E-state index is 0.315. The fourth-order valence-corrected chi connectivity index (χ4v) is 2.63. The maximum atomic E-state index is 9.03. The van der Waals surface area contributed by atoms with Crippen LogP contribution in [0.1, 0.15) is 5.56 Å². The van der Waals surface area contributed by atoms with Crippen LogP contribution < -0.4 is 15.4 Å².